The van der Waals surface area contributed by atoms with E-state index in [0.717, 1.165) is 12.8 Å². The van der Waals surface area contributed by atoms with Crippen LogP contribution in [-0.4, -0.2) is 47.1 Å². The summed E-state index contributed by atoms with van der Waals surface area (Å²) in [6, 6.07) is -0.330. The summed E-state index contributed by atoms with van der Waals surface area (Å²) in [6.07, 6.45) is 1.99. The van der Waals surface area contributed by atoms with Gasteiger partial charge in [0.15, 0.2) is 0 Å². The molecule has 86 valence electrons. The summed E-state index contributed by atoms with van der Waals surface area (Å²) in [5.74, 6) is 0.0841. The predicted molar refractivity (Wildman–Crippen MR) is 56.3 cm³/mol. The molecule has 0 radical (unpaired) electrons. The maximum atomic E-state index is 13.7. The van der Waals surface area contributed by atoms with E-state index in [1.807, 2.05) is 0 Å². The molecule has 15 heavy (non-hydrogen) atoms. The van der Waals surface area contributed by atoms with Crippen molar-refractivity contribution in [2.75, 3.05) is 19.6 Å². The Hall–Kier alpha value is -0.350. The van der Waals surface area contributed by atoms with E-state index in [9.17, 15) is 9.18 Å². The summed E-state index contributed by atoms with van der Waals surface area (Å²) in [4.78, 5) is 13.3. The Morgan fingerprint density at radius 2 is 2.13 bits per heavy atom. The van der Waals surface area contributed by atoms with E-state index in [0.29, 0.717) is 32.5 Å². The van der Waals surface area contributed by atoms with Crippen LogP contribution in [0.1, 0.15) is 25.7 Å². The van der Waals surface area contributed by atoms with E-state index in [2.05, 4.69) is 0 Å². The average molecular weight is 235 g/mol. The van der Waals surface area contributed by atoms with Gasteiger partial charge in [0.1, 0.15) is 6.17 Å². The number of hydrogen-bond donors (Lipinski definition) is 0. The zero-order valence-corrected chi connectivity index (χ0v) is 9.42. The molecule has 0 saturated carbocycles. The van der Waals surface area contributed by atoms with Gasteiger partial charge < -0.3 is 4.90 Å². The number of hydrogen-bond acceptors (Lipinski definition) is 2. The van der Waals surface area contributed by atoms with E-state index in [1.54, 1.807) is 9.32 Å². The van der Waals surface area contributed by atoms with Gasteiger partial charge in [-0.25, -0.2) is 8.81 Å². The molecule has 2 fully saturated rings. The summed E-state index contributed by atoms with van der Waals surface area (Å²) in [5.41, 5.74) is 0. The van der Waals surface area contributed by atoms with Gasteiger partial charge in [-0.3, -0.25) is 4.79 Å². The van der Waals surface area contributed by atoms with Gasteiger partial charge >= 0.3 is 0 Å². The first kappa shape index (κ1) is 11.1. The molecule has 0 aromatic heterocycles. The highest BCUT2D eigenvalue weighted by molar-refractivity contribution is 6.13. The van der Waals surface area contributed by atoms with Crippen molar-refractivity contribution in [1.82, 2.24) is 9.32 Å². The van der Waals surface area contributed by atoms with Crippen LogP contribution in [0.15, 0.2) is 0 Å². The second-order valence-electron chi connectivity index (χ2n) is 4.29. The summed E-state index contributed by atoms with van der Waals surface area (Å²) >= 11 is 5.87. The summed E-state index contributed by atoms with van der Waals surface area (Å²) < 4.78 is 15.3. The van der Waals surface area contributed by atoms with Crippen molar-refractivity contribution < 1.29 is 9.18 Å². The van der Waals surface area contributed by atoms with E-state index >= 15 is 0 Å². The maximum Gasteiger partial charge on any atom is 0.222 e. The van der Waals surface area contributed by atoms with Crippen LogP contribution in [0.5, 0.6) is 0 Å². The molecule has 2 saturated heterocycles. The number of piperidine rings is 2. The third-order valence-electron chi connectivity index (χ3n) is 3.21. The van der Waals surface area contributed by atoms with Gasteiger partial charge in [-0.2, -0.15) is 0 Å². The number of carbonyl (C=O) groups is 1. The first-order valence-corrected chi connectivity index (χ1v) is 5.86. The lowest BCUT2D eigenvalue weighted by atomic mass is 10.00. The van der Waals surface area contributed by atoms with Crippen LogP contribution in [0.2, 0.25) is 0 Å². The number of rotatable bonds is 1. The lowest BCUT2D eigenvalue weighted by molar-refractivity contribution is -0.138. The van der Waals surface area contributed by atoms with E-state index in [1.165, 1.54) is 0 Å². The SMILES string of the molecule is O=C1CCCCN1C1CN(Cl)CCC1F. The van der Waals surface area contributed by atoms with Crippen molar-refractivity contribution in [3.63, 3.8) is 0 Å². The molecule has 2 heterocycles. The van der Waals surface area contributed by atoms with Crippen LogP contribution in [0.4, 0.5) is 4.39 Å². The van der Waals surface area contributed by atoms with Gasteiger partial charge in [-0.05, 0) is 31.0 Å². The van der Waals surface area contributed by atoms with Crippen LogP contribution in [-0.2, 0) is 4.79 Å². The number of amides is 1. The fourth-order valence-electron chi connectivity index (χ4n) is 2.34. The lowest BCUT2D eigenvalue weighted by Crippen LogP contribution is -2.55. The first-order chi connectivity index (χ1) is 7.18. The molecule has 2 rings (SSSR count). The monoisotopic (exact) mass is 234 g/mol. The Labute approximate surface area is 94.3 Å². The molecule has 0 aromatic carbocycles. The molecule has 0 aliphatic carbocycles. The Morgan fingerprint density at radius 3 is 2.87 bits per heavy atom. The minimum Gasteiger partial charge on any atom is -0.335 e. The maximum absolute atomic E-state index is 13.7. The minimum absolute atomic E-state index is 0.0841. The van der Waals surface area contributed by atoms with Crippen molar-refractivity contribution in [2.24, 2.45) is 0 Å². The van der Waals surface area contributed by atoms with Gasteiger partial charge in [0, 0.05) is 26.1 Å². The van der Waals surface area contributed by atoms with Crippen LogP contribution >= 0.6 is 11.8 Å². The normalized spacial score (nSPS) is 34.5. The topological polar surface area (TPSA) is 23.6 Å². The van der Waals surface area contributed by atoms with Crippen LogP contribution in [0.3, 0.4) is 0 Å². The van der Waals surface area contributed by atoms with Gasteiger partial charge in [-0.1, -0.05) is 0 Å². The highest BCUT2D eigenvalue weighted by atomic mass is 35.5. The number of likely N-dealkylation sites (tertiary alicyclic amines) is 1. The minimum atomic E-state index is -0.915. The van der Waals surface area contributed by atoms with Crippen molar-refractivity contribution in [3.8, 4) is 0 Å². The fourth-order valence-corrected chi connectivity index (χ4v) is 2.57. The largest absolute Gasteiger partial charge is 0.335 e. The van der Waals surface area contributed by atoms with Gasteiger partial charge in [0.2, 0.25) is 5.91 Å². The van der Waals surface area contributed by atoms with Gasteiger partial charge in [-0.15, -0.1) is 0 Å². The molecule has 5 heteroatoms. The standard InChI is InChI=1S/C10H16ClFN2O/c11-13-6-4-8(12)9(7-13)14-5-2-1-3-10(14)15/h8-9H,1-7H2. The van der Waals surface area contributed by atoms with Crippen molar-refractivity contribution in [3.05, 3.63) is 0 Å². The molecule has 0 aromatic rings. The Bertz CT molecular complexity index is 252. The lowest BCUT2D eigenvalue weighted by Gasteiger charge is -2.40. The molecule has 3 nitrogen and oxygen atoms in total. The second kappa shape index (κ2) is 4.66. The van der Waals surface area contributed by atoms with Gasteiger partial charge in [0.25, 0.3) is 0 Å². The molecular formula is C10H16ClFN2O. The second-order valence-corrected chi connectivity index (χ2v) is 4.76. The Kier molecular flexibility index (Phi) is 3.46. The highest BCUT2D eigenvalue weighted by Crippen LogP contribution is 2.24. The summed E-state index contributed by atoms with van der Waals surface area (Å²) in [7, 11) is 0. The fraction of sp³-hybridized carbons (Fsp3) is 0.900. The third-order valence-corrected chi connectivity index (χ3v) is 3.52. The number of carbonyl (C=O) groups excluding carboxylic acids is 1. The molecule has 2 atom stereocenters. The summed E-state index contributed by atoms with van der Waals surface area (Å²) in [5, 5.41) is 0. The molecule has 2 aliphatic heterocycles. The number of alkyl halides is 1. The molecule has 0 bridgehead atoms. The average Bonchev–Trinajstić information content (AvgIpc) is 2.23. The first-order valence-electron chi connectivity index (χ1n) is 5.53. The molecular weight excluding hydrogens is 219 g/mol. The molecule has 2 unspecified atom stereocenters. The van der Waals surface area contributed by atoms with Crippen molar-refractivity contribution >= 4 is 17.7 Å². The molecule has 2 aliphatic rings. The van der Waals surface area contributed by atoms with Crippen LogP contribution in [0, 0.1) is 0 Å². The zero-order chi connectivity index (χ0) is 10.8. The summed E-state index contributed by atoms with van der Waals surface area (Å²) in [6.45, 7) is 1.71. The zero-order valence-electron chi connectivity index (χ0n) is 8.66. The van der Waals surface area contributed by atoms with E-state index in [-0.39, 0.29) is 11.9 Å². The number of nitrogens with zero attached hydrogens (tertiary/aromatic N) is 2. The Morgan fingerprint density at radius 1 is 1.33 bits per heavy atom. The van der Waals surface area contributed by atoms with E-state index < -0.39 is 6.17 Å². The van der Waals surface area contributed by atoms with Crippen molar-refractivity contribution in [1.29, 1.82) is 0 Å². The smallest absolute Gasteiger partial charge is 0.222 e. The van der Waals surface area contributed by atoms with Crippen LogP contribution < -0.4 is 0 Å². The quantitative estimate of drug-likeness (QED) is 0.643. The number of halogens is 2. The Balaban J connectivity index is 2.03. The molecule has 0 N–H and O–H groups in total. The van der Waals surface area contributed by atoms with Gasteiger partial charge in [0.05, 0.1) is 6.04 Å². The predicted octanol–water partition coefficient (Wildman–Crippen LogP) is 1.57. The highest BCUT2D eigenvalue weighted by Gasteiger charge is 2.36. The van der Waals surface area contributed by atoms with Crippen molar-refractivity contribution in [2.45, 2.75) is 37.9 Å². The third kappa shape index (κ3) is 2.42. The molecule has 0 spiro atoms. The molecule has 1 amide bonds. The van der Waals surface area contributed by atoms with E-state index in [4.69, 9.17) is 11.8 Å². The van der Waals surface area contributed by atoms with Crippen LogP contribution in [0.25, 0.3) is 0 Å².